The lowest BCUT2D eigenvalue weighted by Crippen LogP contribution is -1.98. The third-order valence-electron chi connectivity index (χ3n) is 4.25. The number of aromatic nitrogens is 6. The van der Waals surface area contributed by atoms with Crippen LogP contribution in [-0.2, 0) is 0 Å². The van der Waals surface area contributed by atoms with E-state index in [0.29, 0.717) is 5.82 Å². The van der Waals surface area contributed by atoms with Crippen LogP contribution in [0.25, 0.3) is 33.8 Å². The van der Waals surface area contributed by atoms with Gasteiger partial charge in [0.05, 0.1) is 24.4 Å². The van der Waals surface area contributed by atoms with Gasteiger partial charge in [-0.15, -0.1) is 5.10 Å². The first-order valence-electron chi connectivity index (χ1n) is 8.12. The van der Waals surface area contributed by atoms with E-state index in [-0.39, 0.29) is 0 Å². The van der Waals surface area contributed by atoms with E-state index in [2.05, 4.69) is 15.2 Å². The van der Waals surface area contributed by atoms with Crippen molar-refractivity contribution in [2.75, 3.05) is 7.11 Å². The van der Waals surface area contributed by atoms with Gasteiger partial charge in [-0.05, 0) is 36.4 Å². The molecule has 3 heterocycles. The molecule has 0 N–H and O–H groups in total. The standard InChI is InChI=1S/C19H14N6O/c1-26-15-9-7-13(8-10-15)17-22-19-16-11-21-25(14-5-3-2-4-6-14)18(16)20-12-24(19)23-17/h2-12H,1H3. The molecule has 0 atom stereocenters. The van der Waals surface area contributed by atoms with E-state index in [1.807, 2.05) is 54.6 Å². The van der Waals surface area contributed by atoms with Crippen molar-refractivity contribution in [2.24, 2.45) is 0 Å². The van der Waals surface area contributed by atoms with Gasteiger partial charge in [-0.2, -0.15) is 5.10 Å². The van der Waals surface area contributed by atoms with Crippen molar-refractivity contribution in [2.45, 2.75) is 0 Å². The second-order valence-corrected chi connectivity index (χ2v) is 5.81. The summed E-state index contributed by atoms with van der Waals surface area (Å²) in [6, 6.07) is 17.6. The maximum Gasteiger partial charge on any atom is 0.182 e. The van der Waals surface area contributed by atoms with Crippen LogP contribution in [0.15, 0.2) is 67.1 Å². The summed E-state index contributed by atoms with van der Waals surface area (Å²) in [6.45, 7) is 0. The predicted octanol–water partition coefficient (Wildman–Crippen LogP) is 3.14. The van der Waals surface area contributed by atoms with Gasteiger partial charge < -0.3 is 4.74 Å². The summed E-state index contributed by atoms with van der Waals surface area (Å²) in [6.07, 6.45) is 3.44. The van der Waals surface area contributed by atoms with Crippen LogP contribution in [0, 0.1) is 0 Å². The number of fused-ring (bicyclic) bond motifs is 3. The average molecular weight is 342 g/mol. The lowest BCUT2D eigenvalue weighted by Gasteiger charge is -2.01. The molecule has 0 radical (unpaired) electrons. The molecule has 5 rings (SSSR count). The Morgan fingerprint density at radius 3 is 2.50 bits per heavy atom. The van der Waals surface area contributed by atoms with Crippen molar-refractivity contribution in [3.8, 4) is 22.8 Å². The number of para-hydroxylation sites is 1. The van der Waals surface area contributed by atoms with E-state index in [1.54, 1.807) is 28.8 Å². The molecule has 0 spiro atoms. The zero-order valence-electron chi connectivity index (χ0n) is 13.9. The third kappa shape index (κ3) is 2.21. The molecule has 0 fully saturated rings. The highest BCUT2D eigenvalue weighted by Gasteiger charge is 2.14. The highest BCUT2D eigenvalue weighted by molar-refractivity contribution is 5.89. The van der Waals surface area contributed by atoms with Gasteiger partial charge in [-0.25, -0.2) is 19.2 Å². The van der Waals surface area contributed by atoms with Crippen LogP contribution in [0.2, 0.25) is 0 Å². The summed E-state index contributed by atoms with van der Waals surface area (Å²) in [4.78, 5) is 9.21. The van der Waals surface area contributed by atoms with Crippen molar-refractivity contribution in [3.63, 3.8) is 0 Å². The summed E-state index contributed by atoms with van der Waals surface area (Å²) in [5.74, 6) is 1.43. The van der Waals surface area contributed by atoms with E-state index >= 15 is 0 Å². The van der Waals surface area contributed by atoms with Gasteiger partial charge in [0.15, 0.2) is 17.1 Å². The summed E-state index contributed by atoms with van der Waals surface area (Å²) < 4.78 is 8.68. The van der Waals surface area contributed by atoms with Crippen LogP contribution >= 0.6 is 0 Å². The van der Waals surface area contributed by atoms with Crippen LogP contribution in [0.4, 0.5) is 0 Å². The molecule has 5 aromatic rings. The first kappa shape index (κ1) is 14.6. The highest BCUT2D eigenvalue weighted by Crippen LogP contribution is 2.23. The monoisotopic (exact) mass is 342 g/mol. The fraction of sp³-hybridized carbons (Fsp3) is 0.0526. The van der Waals surface area contributed by atoms with Crippen molar-refractivity contribution < 1.29 is 4.74 Å². The molecule has 0 saturated heterocycles. The SMILES string of the molecule is COc1ccc(-c2nc3c4cnn(-c5ccccc5)c4ncn3n2)cc1. The van der Waals surface area contributed by atoms with E-state index in [4.69, 9.17) is 9.72 Å². The van der Waals surface area contributed by atoms with Gasteiger partial charge in [-0.3, -0.25) is 0 Å². The van der Waals surface area contributed by atoms with Crippen LogP contribution in [0.1, 0.15) is 0 Å². The maximum absolute atomic E-state index is 5.20. The molecular weight excluding hydrogens is 328 g/mol. The zero-order chi connectivity index (χ0) is 17.5. The second-order valence-electron chi connectivity index (χ2n) is 5.81. The number of rotatable bonds is 3. The van der Waals surface area contributed by atoms with Gasteiger partial charge in [0.1, 0.15) is 12.1 Å². The topological polar surface area (TPSA) is 70.1 Å². The van der Waals surface area contributed by atoms with E-state index < -0.39 is 0 Å². The Kier molecular flexibility index (Phi) is 3.18. The van der Waals surface area contributed by atoms with Crippen molar-refractivity contribution in [1.29, 1.82) is 0 Å². The Balaban J connectivity index is 1.66. The van der Waals surface area contributed by atoms with E-state index in [9.17, 15) is 0 Å². The predicted molar refractivity (Wildman–Crippen MR) is 97.4 cm³/mol. The molecule has 126 valence electrons. The molecular formula is C19H14N6O. The minimum atomic E-state index is 0.634. The van der Waals surface area contributed by atoms with E-state index in [1.165, 1.54) is 0 Å². The molecule has 26 heavy (non-hydrogen) atoms. The number of hydrogen-bond donors (Lipinski definition) is 0. The quantitative estimate of drug-likeness (QED) is 0.504. The summed E-state index contributed by atoms with van der Waals surface area (Å²) in [5, 5.41) is 9.86. The minimum Gasteiger partial charge on any atom is -0.497 e. The summed E-state index contributed by atoms with van der Waals surface area (Å²) in [5.41, 5.74) is 3.34. The highest BCUT2D eigenvalue weighted by atomic mass is 16.5. The molecule has 0 unspecified atom stereocenters. The molecule has 2 aromatic carbocycles. The lowest BCUT2D eigenvalue weighted by molar-refractivity contribution is 0.415. The molecule has 0 aliphatic rings. The Bertz CT molecular complexity index is 1210. The van der Waals surface area contributed by atoms with Gasteiger partial charge in [0, 0.05) is 5.56 Å². The first-order chi connectivity index (χ1) is 12.8. The average Bonchev–Trinajstić information content (AvgIpc) is 3.32. The van der Waals surface area contributed by atoms with Gasteiger partial charge in [0.2, 0.25) is 0 Å². The summed E-state index contributed by atoms with van der Waals surface area (Å²) >= 11 is 0. The van der Waals surface area contributed by atoms with Gasteiger partial charge in [0.25, 0.3) is 0 Å². The largest absolute Gasteiger partial charge is 0.497 e. The van der Waals surface area contributed by atoms with Crippen LogP contribution in [0.3, 0.4) is 0 Å². The minimum absolute atomic E-state index is 0.634. The Hall–Kier alpha value is -3.74. The first-order valence-corrected chi connectivity index (χ1v) is 8.12. The Morgan fingerprint density at radius 2 is 1.73 bits per heavy atom. The molecule has 7 nitrogen and oxygen atoms in total. The molecule has 0 saturated carbocycles. The molecule has 0 aliphatic carbocycles. The van der Waals surface area contributed by atoms with Crippen LogP contribution < -0.4 is 4.74 Å². The van der Waals surface area contributed by atoms with Crippen molar-refractivity contribution in [3.05, 3.63) is 67.1 Å². The normalized spacial score (nSPS) is 11.3. The second kappa shape index (κ2) is 5.66. The van der Waals surface area contributed by atoms with Gasteiger partial charge >= 0.3 is 0 Å². The fourth-order valence-electron chi connectivity index (χ4n) is 2.94. The fourth-order valence-corrected chi connectivity index (χ4v) is 2.94. The Morgan fingerprint density at radius 1 is 0.923 bits per heavy atom. The van der Waals surface area contributed by atoms with Crippen LogP contribution in [0.5, 0.6) is 5.75 Å². The number of methoxy groups -OCH3 is 1. The smallest absolute Gasteiger partial charge is 0.182 e. The van der Waals surface area contributed by atoms with Crippen LogP contribution in [-0.4, -0.2) is 36.5 Å². The Labute approximate surface area is 148 Å². The number of nitrogens with zero attached hydrogens (tertiary/aromatic N) is 6. The number of hydrogen-bond acceptors (Lipinski definition) is 5. The molecule has 0 bridgehead atoms. The van der Waals surface area contributed by atoms with E-state index in [0.717, 1.165) is 33.7 Å². The molecule has 0 amide bonds. The van der Waals surface area contributed by atoms with Crippen molar-refractivity contribution in [1.82, 2.24) is 29.4 Å². The zero-order valence-corrected chi connectivity index (χ0v) is 13.9. The maximum atomic E-state index is 5.20. The van der Waals surface area contributed by atoms with Crippen molar-refractivity contribution >= 4 is 16.7 Å². The third-order valence-corrected chi connectivity index (χ3v) is 4.25. The van der Waals surface area contributed by atoms with Gasteiger partial charge in [-0.1, -0.05) is 18.2 Å². The number of ether oxygens (including phenoxy) is 1. The molecule has 0 aliphatic heterocycles. The molecule has 3 aromatic heterocycles. The molecule has 7 heteroatoms. The lowest BCUT2D eigenvalue weighted by atomic mass is 10.2. The number of benzene rings is 2. The summed E-state index contributed by atoms with van der Waals surface area (Å²) in [7, 11) is 1.64.